The molecule has 0 aliphatic rings. The summed E-state index contributed by atoms with van der Waals surface area (Å²) in [6, 6.07) is 12.5. The molecular weight excluding hydrogens is 487 g/mol. The Morgan fingerprint density at radius 1 is 0.811 bits per heavy atom. The van der Waals surface area contributed by atoms with Gasteiger partial charge in [0, 0.05) is 32.8 Å². The lowest BCUT2D eigenvalue weighted by atomic mass is 9.92. The molecule has 0 aliphatic carbocycles. The molecule has 1 N–H and O–H groups in total. The lowest BCUT2D eigenvalue weighted by molar-refractivity contribution is -0.150. The number of amides is 1. The van der Waals surface area contributed by atoms with Crippen LogP contribution in [0.15, 0.2) is 48.5 Å². The zero-order valence-electron chi connectivity index (χ0n) is 21.0. The summed E-state index contributed by atoms with van der Waals surface area (Å²) in [5, 5.41) is 2.77. The summed E-state index contributed by atoms with van der Waals surface area (Å²) in [4.78, 5) is 34.6. The van der Waals surface area contributed by atoms with Crippen LogP contribution in [-0.2, 0) is 42.9 Å². The minimum atomic E-state index is -4.35. The molecule has 0 aromatic heterocycles. The van der Waals surface area contributed by atoms with E-state index in [1.54, 1.807) is 0 Å². The summed E-state index contributed by atoms with van der Waals surface area (Å²) in [6.07, 6.45) is -2.45. The molecule has 2 aromatic rings. The van der Waals surface area contributed by atoms with Crippen molar-refractivity contribution in [2.24, 2.45) is 0 Å². The Bertz CT molecular complexity index is 1110. The summed E-state index contributed by atoms with van der Waals surface area (Å²) in [7, 11) is 0. The number of carbonyl (C=O) groups excluding carboxylic acids is 3. The highest BCUT2D eigenvalue weighted by molar-refractivity contribution is 5.74. The Morgan fingerprint density at radius 2 is 1.32 bits per heavy atom. The van der Waals surface area contributed by atoms with E-state index in [1.807, 2.05) is 24.3 Å². The van der Waals surface area contributed by atoms with Gasteiger partial charge in [-0.15, -0.1) is 0 Å². The number of benzene rings is 2. The van der Waals surface area contributed by atoms with E-state index in [4.69, 9.17) is 9.47 Å². The normalized spacial score (nSPS) is 11.2. The van der Waals surface area contributed by atoms with Gasteiger partial charge in [0.2, 0.25) is 5.91 Å². The van der Waals surface area contributed by atoms with E-state index >= 15 is 0 Å². The van der Waals surface area contributed by atoms with Crippen LogP contribution < -0.4 is 5.32 Å². The molecule has 0 saturated heterocycles. The largest absolute Gasteiger partial charge is 0.463 e. The Kier molecular flexibility index (Phi) is 10.7. The third kappa shape index (κ3) is 10.8. The maximum Gasteiger partial charge on any atom is 0.416 e. The van der Waals surface area contributed by atoms with Gasteiger partial charge in [0.15, 0.2) is 0 Å². The van der Waals surface area contributed by atoms with Gasteiger partial charge in [0.1, 0.15) is 18.8 Å². The van der Waals surface area contributed by atoms with E-state index in [-0.39, 0.29) is 19.1 Å². The van der Waals surface area contributed by atoms with Crippen molar-refractivity contribution in [3.63, 3.8) is 0 Å². The predicted molar refractivity (Wildman–Crippen MR) is 131 cm³/mol. The molecule has 0 spiro atoms. The Balaban J connectivity index is 1.98. The summed E-state index contributed by atoms with van der Waals surface area (Å²) in [6.45, 7) is 3.57. The van der Waals surface area contributed by atoms with E-state index < -0.39 is 29.2 Å². The number of alkyl halides is 3. The van der Waals surface area contributed by atoms with Crippen LogP contribution in [0.1, 0.15) is 55.9 Å². The van der Waals surface area contributed by atoms with Crippen LogP contribution in [0.25, 0.3) is 0 Å². The maximum absolute atomic E-state index is 12.7. The van der Waals surface area contributed by atoms with Gasteiger partial charge in [0.25, 0.3) is 0 Å². The lowest BCUT2D eigenvalue weighted by Gasteiger charge is -2.33. The summed E-state index contributed by atoms with van der Waals surface area (Å²) >= 11 is 0. The molecule has 1 amide bonds. The van der Waals surface area contributed by atoms with Crippen LogP contribution in [0.3, 0.4) is 0 Å². The first-order valence-electron chi connectivity index (χ1n) is 11.7. The van der Waals surface area contributed by atoms with Crippen LogP contribution >= 0.6 is 0 Å². The highest BCUT2D eigenvalue weighted by atomic mass is 19.4. The molecular formula is C28H30F3NO5. The molecule has 198 valence electrons. The van der Waals surface area contributed by atoms with E-state index in [2.05, 4.69) is 17.2 Å². The first-order valence-corrected chi connectivity index (χ1v) is 11.7. The number of carbonyl (C=O) groups is 3. The number of hydrogen-bond acceptors (Lipinski definition) is 5. The Hall–Kier alpha value is -3.80. The van der Waals surface area contributed by atoms with Crippen LogP contribution in [0.5, 0.6) is 0 Å². The summed E-state index contributed by atoms with van der Waals surface area (Å²) in [5.74, 6) is 4.69. The van der Waals surface area contributed by atoms with Crippen LogP contribution in [-0.4, -0.2) is 36.6 Å². The zero-order chi connectivity index (χ0) is 27.5. The van der Waals surface area contributed by atoms with Gasteiger partial charge in [-0.05, 0) is 54.7 Å². The Labute approximate surface area is 214 Å². The number of esters is 2. The third-order valence-corrected chi connectivity index (χ3v) is 5.44. The van der Waals surface area contributed by atoms with Gasteiger partial charge in [-0.3, -0.25) is 14.4 Å². The molecule has 9 heteroatoms. The maximum atomic E-state index is 12.7. The second kappa shape index (κ2) is 13.5. The van der Waals surface area contributed by atoms with Crippen LogP contribution in [0.4, 0.5) is 13.2 Å². The molecule has 0 saturated carbocycles. The zero-order valence-corrected chi connectivity index (χ0v) is 21.0. The van der Waals surface area contributed by atoms with Gasteiger partial charge < -0.3 is 14.8 Å². The molecule has 0 unspecified atom stereocenters. The van der Waals surface area contributed by atoms with E-state index in [0.29, 0.717) is 25.7 Å². The highest BCUT2D eigenvalue weighted by Crippen LogP contribution is 2.29. The van der Waals surface area contributed by atoms with Crippen LogP contribution in [0, 0.1) is 11.8 Å². The molecule has 0 fully saturated rings. The minimum Gasteiger partial charge on any atom is -0.463 e. The average Bonchev–Trinajstić information content (AvgIpc) is 2.83. The fraction of sp³-hybridized carbons (Fsp3) is 0.393. The second-order valence-corrected chi connectivity index (χ2v) is 8.72. The molecule has 2 rings (SSSR count). The first kappa shape index (κ1) is 29.4. The number of ether oxygens (including phenoxy) is 2. The van der Waals surface area contributed by atoms with Crippen molar-refractivity contribution in [2.75, 3.05) is 13.2 Å². The van der Waals surface area contributed by atoms with Gasteiger partial charge >= 0.3 is 18.1 Å². The number of aryl methyl sites for hydroxylation is 2. The van der Waals surface area contributed by atoms with E-state index in [9.17, 15) is 27.6 Å². The van der Waals surface area contributed by atoms with Crippen molar-refractivity contribution in [1.29, 1.82) is 0 Å². The molecule has 0 heterocycles. The molecule has 2 aromatic carbocycles. The number of nitrogens with one attached hydrogen (secondary N) is 1. The molecule has 0 aliphatic heterocycles. The molecule has 0 radical (unpaired) electrons. The van der Waals surface area contributed by atoms with Gasteiger partial charge in [-0.25, -0.2) is 0 Å². The van der Waals surface area contributed by atoms with Crippen molar-refractivity contribution < 1.29 is 37.0 Å². The first-order chi connectivity index (χ1) is 17.4. The molecule has 37 heavy (non-hydrogen) atoms. The fourth-order valence-electron chi connectivity index (χ4n) is 3.54. The Morgan fingerprint density at radius 3 is 1.81 bits per heavy atom. The highest BCUT2D eigenvalue weighted by Gasteiger charge is 2.34. The summed E-state index contributed by atoms with van der Waals surface area (Å²) in [5.41, 5.74) is 0.761. The van der Waals surface area contributed by atoms with Crippen molar-refractivity contribution in [3.05, 3.63) is 70.8 Å². The average molecular weight is 518 g/mol. The van der Waals surface area contributed by atoms with Gasteiger partial charge in [-0.2, -0.15) is 13.2 Å². The predicted octanol–water partition coefficient (Wildman–Crippen LogP) is 4.62. The van der Waals surface area contributed by atoms with Gasteiger partial charge in [0.05, 0.1) is 5.56 Å². The van der Waals surface area contributed by atoms with E-state index in [1.165, 1.54) is 32.9 Å². The quantitative estimate of drug-likeness (QED) is 0.367. The van der Waals surface area contributed by atoms with Crippen molar-refractivity contribution in [3.8, 4) is 11.8 Å². The monoisotopic (exact) mass is 517 g/mol. The molecule has 0 atom stereocenters. The number of hydrogen-bond donors (Lipinski definition) is 1. The lowest BCUT2D eigenvalue weighted by Crippen LogP contribution is -2.55. The number of rotatable bonds is 10. The minimum absolute atomic E-state index is 0.141. The van der Waals surface area contributed by atoms with Crippen molar-refractivity contribution in [1.82, 2.24) is 5.32 Å². The smallest absolute Gasteiger partial charge is 0.416 e. The number of halogens is 3. The second-order valence-electron chi connectivity index (χ2n) is 8.72. The summed E-state index contributed by atoms with van der Waals surface area (Å²) < 4.78 is 48.2. The third-order valence-electron chi connectivity index (χ3n) is 5.44. The van der Waals surface area contributed by atoms with Crippen LogP contribution in [0.2, 0.25) is 0 Å². The standard InChI is InChI=1S/C28H30F3NO5/c1-20(33)32-27(18-36-21(2)34,19-37-22(3)35)17-16-25-10-8-23(9-11-25)6-4-5-7-24-12-14-26(15-13-24)28(29,30)31/h8-15H,5,7,16-19H2,1-3H3,(H,32,33). The molecule has 6 nitrogen and oxygen atoms in total. The van der Waals surface area contributed by atoms with Crippen molar-refractivity contribution in [2.45, 2.75) is 58.2 Å². The van der Waals surface area contributed by atoms with E-state index in [0.717, 1.165) is 28.8 Å². The van der Waals surface area contributed by atoms with Crippen molar-refractivity contribution >= 4 is 17.8 Å². The molecule has 0 bridgehead atoms. The van der Waals surface area contributed by atoms with Gasteiger partial charge in [-0.1, -0.05) is 36.1 Å². The SMILES string of the molecule is CC(=O)NC(CCc1ccc(C#CCCc2ccc(C(F)(F)F)cc2)cc1)(COC(C)=O)COC(C)=O. The fourth-order valence-corrected chi connectivity index (χ4v) is 3.54. The topological polar surface area (TPSA) is 81.7 Å².